The lowest BCUT2D eigenvalue weighted by Gasteiger charge is -2.21. The van der Waals surface area contributed by atoms with E-state index in [0.29, 0.717) is 19.8 Å². The minimum Gasteiger partial charge on any atom is -0.376 e. The van der Waals surface area contributed by atoms with Gasteiger partial charge in [-0.05, 0) is 37.5 Å². The zero-order chi connectivity index (χ0) is 14.3. The van der Waals surface area contributed by atoms with Crippen LogP contribution in [0.3, 0.4) is 0 Å². The minimum atomic E-state index is 0.189. The van der Waals surface area contributed by atoms with Crippen LogP contribution in [0.2, 0.25) is 0 Å². The maximum Gasteiger partial charge on any atom is 0.0672 e. The molecule has 1 rings (SSSR count). The first-order valence-electron chi connectivity index (χ1n) is 6.78. The van der Waals surface area contributed by atoms with Gasteiger partial charge in [-0.15, -0.1) is 0 Å². The summed E-state index contributed by atoms with van der Waals surface area (Å²) in [6, 6.07) is 6.53. The third-order valence-corrected chi connectivity index (χ3v) is 3.11. The van der Waals surface area contributed by atoms with Crippen molar-refractivity contribution in [3.63, 3.8) is 0 Å². The standard InChI is InChI=1S/C16H26N2O/c1-12(2)11-19-9-8-18-15(10-17)16-13(3)6-5-7-14(16)4/h5-7,15,18H,1,8-11,17H2,2-4H3. The van der Waals surface area contributed by atoms with Crippen molar-refractivity contribution in [3.05, 3.63) is 47.0 Å². The van der Waals surface area contributed by atoms with Crippen molar-refractivity contribution in [1.82, 2.24) is 5.32 Å². The monoisotopic (exact) mass is 262 g/mol. The molecule has 0 amide bonds. The Labute approximate surface area is 116 Å². The second-order valence-corrected chi connectivity index (χ2v) is 5.06. The highest BCUT2D eigenvalue weighted by Crippen LogP contribution is 2.20. The molecule has 3 heteroatoms. The van der Waals surface area contributed by atoms with Gasteiger partial charge in [-0.3, -0.25) is 0 Å². The average molecular weight is 262 g/mol. The van der Waals surface area contributed by atoms with E-state index in [-0.39, 0.29) is 6.04 Å². The number of rotatable bonds is 8. The maximum atomic E-state index is 5.89. The second-order valence-electron chi connectivity index (χ2n) is 5.06. The summed E-state index contributed by atoms with van der Waals surface area (Å²) in [6.07, 6.45) is 0. The lowest BCUT2D eigenvalue weighted by molar-refractivity contribution is 0.155. The third-order valence-electron chi connectivity index (χ3n) is 3.11. The smallest absolute Gasteiger partial charge is 0.0672 e. The zero-order valence-corrected chi connectivity index (χ0v) is 12.3. The maximum absolute atomic E-state index is 5.89. The van der Waals surface area contributed by atoms with Crippen molar-refractivity contribution in [2.75, 3.05) is 26.3 Å². The van der Waals surface area contributed by atoms with Gasteiger partial charge >= 0.3 is 0 Å². The van der Waals surface area contributed by atoms with Crippen molar-refractivity contribution in [2.24, 2.45) is 5.73 Å². The molecule has 1 aromatic carbocycles. The molecule has 1 aromatic rings. The van der Waals surface area contributed by atoms with Crippen molar-refractivity contribution in [2.45, 2.75) is 26.8 Å². The summed E-state index contributed by atoms with van der Waals surface area (Å²) in [5.41, 5.74) is 10.8. The molecule has 0 bridgehead atoms. The van der Waals surface area contributed by atoms with Crippen LogP contribution >= 0.6 is 0 Å². The Kier molecular flexibility index (Phi) is 6.78. The average Bonchev–Trinajstić information content (AvgIpc) is 2.35. The fourth-order valence-electron chi connectivity index (χ4n) is 2.23. The Bertz CT molecular complexity index is 395. The predicted octanol–water partition coefficient (Wildman–Crippen LogP) is 2.49. The number of ether oxygens (including phenoxy) is 1. The highest BCUT2D eigenvalue weighted by Gasteiger charge is 2.13. The number of aryl methyl sites for hydroxylation is 2. The summed E-state index contributed by atoms with van der Waals surface area (Å²) in [7, 11) is 0. The van der Waals surface area contributed by atoms with Crippen molar-refractivity contribution in [1.29, 1.82) is 0 Å². The van der Waals surface area contributed by atoms with Gasteiger partial charge in [-0.25, -0.2) is 0 Å². The fourth-order valence-corrected chi connectivity index (χ4v) is 2.23. The van der Waals surface area contributed by atoms with Gasteiger partial charge in [0.05, 0.1) is 13.2 Å². The molecule has 3 N–H and O–H groups in total. The van der Waals surface area contributed by atoms with E-state index in [1.807, 2.05) is 6.92 Å². The molecule has 0 saturated carbocycles. The summed E-state index contributed by atoms with van der Waals surface area (Å²) in [4.78, 5) is 0. The molecular weight excluding hydrogens is 236 g/mol. The van der Waals surface area contributed by atoms with Crippen LogP contribution in [0.5, 0.6) is 0 Å². The van der Waals surface area contributed by atoms with Crippen LogP contribution in [0.1, 0.15) is 29.7 Å². The Hall–Kier alpha value is -1.16. The summed E-state index contributed by atoms with van der Waals surface area (Å²) < 4.78 is 5.48. The van der Waals surface area contributed by atoms with Crippen LogP contribution in [0, 0.1) is 13.8 Å². The Morgan fingerprint density at radius 1 is 1.37 bits per heavy atom. The highest BCUT2D eigenvalue weighted by molar-refractivity contribution is 5.36. The van der Waals surface area contributed by atoms with Crippen molar-refractivity contribution < 1.29 is 4.74 Å². The molecule has 0 aliphatic heterocycles. The first-order valence-corrected chi connectivity index (χ1v) is 6.78. The van der Waals surface area contributed by atoms with Crippen molar-refractivity contribution >= 4 is 0 Å². The van der Waals surface area contributed by atoms with Gasteiger partial charge < -0.3 is 15.8 Å². The SMILES string of the molecule is C=C(C)COCCNC(CN)c1c(C)cccc1C. The molecule has 0 saturated heterocycles. The quantitative estimate of drug-likeness (QED) is 0.559. The van der Waals surface area contributed by atoms with E-state index in [0.717, 1.165) is 12.1 Å². The Balaban J connectivity index is 2.52. The molecule has 0 aromatic heterocycles. The number of nitrogens with two attached hydrogens (primary N) is 1. The summed E-state index contributed by atoms with van der Waals surface area (Å²) in [5, 5.41) is 3.46. The molecule has 106 valence electrons. The molecular formula is C16H26N2O. The first-order chi connectivity index (χ1) is 9.06. The van der Waals surface area contributed by atoms with Crippen LogP contribution in [0.15, 0.2) is 30.4 Å². The van der Waals surface area contributed by atoms with Crippen LogP contribution in [0.25, 0.3) is 0 Å². The molecule has 0 aliphatic carbocycles. The molecule has 0 spiro atoms. The predicted molar refractivity (Wildman–Crippen MR) is 81.3 cm³/mol. The van der Waals surface area contributed by atoms with E-state index in [4.69, 9.17) is 10.5 Å². The lowest BCUT2D eigenvalue weighted by Crippen LogP contribution is -2.32. The molecule has 19 heavy (non-hydrogen) atoms. The molecule has 1 atom stereocenters. The largest absolute Gasteiger partial charge is 0.376 e. The molecule has 0 fully saturated rings. The summed E-state index contributed by atoms with van der Waals surface area (Å²) in [5.74, 6) is 0. The van der Waals surface area contributed by atoms with Crippen LogP contribution in [-0.2, 0) is 4.74 Å². The van der Waals surface area contributed by atoms with Gasteiger partial charge in [-0.2, -0.15) is 0 Å². The Morgan fingerprint density at radius 3 is 2.53 bits per heavy atom. The van der Waals surface area contributed by atoms with Crippen LogP contribution in [0.4, 0.5) is 0 Å². The topological polar surface area (TPSA) is 47.3 Å². The van der Waals surface area contributed by atoms with Crippen LogP contribution in [-0.4, -0.2) is 26.3 Å². The van der Waals surface area contributed by atoms with Gasteiger partial charge in [0.1, 0.15) is 0 Å². The minimum absolute atomic E-state index is 0.189. The fraction of sp³-hybridized carbons (Fsp3) is 0.500. The molecule has 0 heterocycles. The van der Waals surface area contributed by atoms with Crippen LogP contribution < -0.4 is 11.1 Å². The van der Waals surface area contributed by atoms with E-state index in [1.54, 1.807) is 0 Å². The highest BCUT2D eigenvalue weighted by atomic mass is 16.5. The van der Waals surface area contributed by atoms with E-state index >= 15 is 0 Å². The van der Waals surface area contributed by atoms with Gasteiger partial charge in [0.15, 0.2) is 0 Å². The number of hydrogen-bond donors (Lipinski definition) is 2. The third kappa shape index (κ3) is 5.15. The van der Waals surface area contributed by atoms with E-state index in [1.165, 1.54) is 16.7 Å². The molecule has 3 nitrogen and oxygen atoms in total. The van der Waals surface area contributed by atoms with Crippen molar-refractivity contribution in [3.8, 4) is 0 Å². The van der Waals surface area contributed by atoms with E-state index in [2.05, 4.69) is 43.9 Å². The second kappa shape index (κ2) is 8.10. The van der Waals surface area contributed by atoms with E-state index in [9.17, 15) is 0 Å². The zero-order valence-electron chi connectivity index (χ0n) is 12.3. The summed E-state index contributed by atoms with van der Waals surface area (Å²) >= 11 is 0. The molecule has 0 radical (unpaired) electrons. The van der Waals surface area contributed by atoms with Gasteiger partial charge in [0.2, 0.25) is 0 Å². The number of hydrogen-bond acceptors (Lipinski definition) is 3. The molecule has 1 unspecified atom stereocenters. The Morgan fingerprint density at radius 2 is 2.00 bits per heavy atom. The normalized spacial score (nSPS) is 12.4. The van der Waals surface area contributed by atoms with Gasteiger partial charge in [0.25, 0.3) is 0 Å². The van der Waals surface area contributed by atoms with Gasteiger partial charge in [-0.1, -0.05) is 30.4 Å². The van der Waals surface area contributed by atoms with Gasteiger partial charge in [0, 0.05) is 19.1 Å². The first kappa shape index (κ1) is 15.9. The summed E-state index contributed by atoms with van der Waals surface area (Å²) in [6.45, 7) is 12.7. The number of nitrogens with one attached hydrogen (secondary N) is 1. The van der Waals surface area contributed by atoms with E-state index < -0.39 is 0 Å². The lowest BCUT2D eigenvalue weighted by atomic mass is 9.96. The molecule has 0 aliphatic rings. The number of benzene rings is 1.